The third kappa shape index (κ3) is 4.90. The van der Waals surface area contributed by atoms with Gasteiger partial charge in [-0.2, -0.15) is 10.1 Å². The SMILES string of the molecule is CCc1ccc(N2N=C(C)/C(=C\c3ccc(OCCC(C)C)c(OC)c3)C2=O)cc1. The number of anilines is 1. The van der Waals surface area contributed by atoms with Crippen LogP contribution in [0.15, 0.2) is 53.1 Å². The van der Waals surface area contributed by atoms with Crippen molar-refractivity contribution in [2.24, 2.45) is 11.0 Å². The summed E-state index contributed by atoms with van der Waals surface area (Å²) in [7, 11) is 1.62. The summed E-state index contributed by atoms with van der Waals surface area (Å²) in [5.74, 6) is 1.81. The number of nitrogens with zero attached hydrogens (tertiary/aromatic N) is 2. The first kappa shape index (κ1) is 21.6. The Morgan fingerprint density at radius 1 is 1.10 bits per heavy atom. The predicted octanol–water partition coefficient (Wildman–Crippen LogP) is 5.49. The smallest absolute Gasteiger partial charge is 0.280 e. The number of hydrazone groups is 1. The van der Waals surface area contributed by atoms with Gasteiger partial charge in [-0.3, -0.25) is 4.79 Å². The highest BCUT2D eigenvalue weighted by atomic mass is 16.5. The lowest BCUT2D eigenvalue weighted by Gasteiger charge is -2.13. The van der Waals surface area contributed by atoms with Gasteiger partial charge >= 0.3 is 0 Å². The number of hydrogen-bond donors (Lipinski definition) is 0. The van der Waals surface area contributed by atoms with Gasteiger partial charge in [-0.05, 0) is 67.2 Å². The predicted molar refractivity (Wildman–Crippen MR) is 122 cm³/mol. The molecule has 0 atom stereocenters. The monoisotopic (exact) mass is 406 g/mol. The average molecular weight is 407 g/mol. The molecule has 0 unspecified atom stereocenters. The molecule has 0 aliphatic carbocycles. The summed E-state index contributed by atoms with van der Waals surface area (Å²) >= 11 is 0. The number of carbonyl (C=O) groups excluding carboxylic acids is 1. The van der Waals surface area contributed by atoms with Gasteiger partial charge in [-0.25, -0.2) is 0 Å². The fraction of sp³-hybridized carbons (Fsp3) is 0.360. The first-order valence-corrected chi connectivity index (χ1v) is 10.4. The summed E-state index contributed by atoms with van der Waals surface area (Å²) in [5.41, 5.74) is 4.13. The van der Waals surface area contributed by atoms with Crippen LogP contribution in [0.4, 0.5) is 5.69 Å². The van der Waals surface area contributed by atoms with Crippen LogP contribution in [0.5, 0.6) is 11.5 Å². The van der Waals surface area contributed by atoms with Crippen LogP contribution in [0.1, 0.15) is 45.2 Å². The molecule has 1 heterocycles. The van der Waals surface area contributed by atoms with Gasteiger partial charge in [0.1, 0.15) is 0 Å². The fourth-order valence-electron chi connectivity index (χ4n) is 3.20. The van der Waals surface area contributed by atoms with E-state index < -0.39 is 0 Å². The van der Waals surface area contributed by atoms with Gasteiger partial charge in [0.25, 0.3) is 5.91 Å². The van der Waals surface area contributed by atoms with Crippen molar-refractivity contribution in [2.75, 3.05) is 18.7 Å². The molecule has 0 saturated carbocycles. The van der Waals surface area contributed by atoms with E-state index in [1.54, 1.807) is 7.11 Å². The van der Waals surface area contributed by atoms with Crippen LogP contribution < -0.4 is 14.5 Å². The zero-order chi connectivity index (χ0) is 21.7. The topological polar surface area (TPSA) is 51.1 Å². The Kier molecular flexibility index (Phi) is 6.93. The standard InChI is InChI=1S/C25H30N2O3/c1-6-19-7-10-21(11-8-19)27-25(28)22(18(4)26-27)15-20-9-12-23(24(16-20)29-5)30-14-13-17(2)3/h7-12,15-17H,6,13-14H2,1-5H3/b22-15+. The van der Waals surface area contributed by atoms with E-state index in [-0.39, 0.29) is 5.91 Å². The molecule has 2 aromatic rings. The van der Waals surface area contributed by atoms with E-state index in [9.17, 15) is 4.79 Å². The summed E-state index contributed by atoms with van der Waals surface area (Å²) in [4.78, 5) is 13.0. The van der Waals surface area contributed by atoms with Crippen molar-refractivity contribution in [2.45, 2.75) is 40.5 Å². The van der Waals surface area contributed by atoms with Gasteiger partial charge in [0.15, 0.2) is 11.5 Å². The zero-order valence-electron chi connectivity index (χ0n) is 18.4. The lowest BCUT2D eigenvalue weighted by atomic mass is 10.1. The Balaban J connectivity index is 1.80. The molecule has 0 bridgehead atoms. The van der Waals surface area contributed by atoms with Crippen molar-refractivity contribution >= 4 is 23.4 Å². The van der Waals surface area contributed by atoms with E-state index in [1.807, 2.05) is 55.5 Å². The molecule has 30 heavy (non-hydrogen) atoms. The van der Waals surface area contributed by atoms with Crippen LogP contribution in [0.25, 0.3) is 6.08 Å². The van der Waals surface area contributed by atoms with Gasteiger partial charge in [-0.1, -0.05) is 39.0 Å². The highest BCUT2D eigenvalue weighted by Gasteiger charge is 2.28. The molecule has 3 rings (SSSR count). The van der Waals surface area contributed by atoms with E-state index in [2.05, 4.69) is 25.9 Å². The molecular formula is C25H30N2O3. The lowest BCUT2D eigenvalue weighted by molar-refractivity contribution is -0.114. The third-order valence-electron chi connectivity index (χ3n) is 5.10. The first-order valence-electron chi connectivity index (χ1n) is 10.4. The Morgan fingerprint density at radius 3 is 2.47 bits per heavy atom. The van der Waals surface area contributed by atoms with Crippen molar-refractivity contribution in [3.8, 4) is 11.5 Å². The number of ether oxygens (including phenoxy) is 2. The molecule has 1 amide bonds. The molecule has 1 aliphatic rings. The van der Waals surface area contributed by atoms with E-state index in [1.165, 1.54) is 10.6 Å². The molecule has 5 heteroatoms. The maximum atomic E-state index is 13.0. The summed E-state index contributed by atoms with van der Waals surface area (Å²) in [6.07, 6.45) is 3.79. The highest BCUT2D eigenvalue weighted by molar-refractivity contribution is 6.32. The van der Waals surface area contributed by atoms with Gasteiger partial charge in [0, 0.05) is 0 Å². The number of amides is 1. The molecule has 0 saturated heterocycles. The molecular weight excluding hydrogens is 376 g/mol. The highest BCUT2D eigenvalue weighted by Crippen LogP contribution is 2.31. The van der Waals surface area contributed by atoms with E-state index >= 15 is 0 Å². The van der Waals surface area contributed by atoms with Crippen molar-refractivity contribution in [3.05, 3.63) is 59.2 Å². The van der Waals surface area contributed by atoms with Gasteiger partial charge in [0.05, 0.1) is 30.7 Å². The molecule has 2 aromatic carbocycles. The summed E-state index contributed by atoms with van der Waals surface area (Å²) in [5, 5.41) is 5.93. The minimum atomic E-state index is -0.132. The number of aryl methyl sites for hydroxylation is 1. The number of hydrogen-bond acceptors (Lipinski definition) is 4. The van der Waals surface area contributed by atoms with Gasteiger partial charge < -0.3 is 9.47 Å². The summed E-state index contributed by atoms with van der Waals surface area (Å²) in [6.45, 7) is 8.93. The van der Waals surface area contributed by atoms with Gasteiger partial charge in [0.2, 0.25) is 0 Å². The molecule has 0 radical (unpaired) electrons. The lowest BCUT2D eigenvalue weighted by Crippen LogP contribution is -2.21. The van der Waals surface area contributed by atoms with Crippen LogP contribution in [0.3, 0.4) is 0 Å². The first-order chi connectivity index (χ1) is 14.4. The molecule has 1 aliphatic heterocycles. The minimum Gasteiger partial charge on any atom is -0.493 e. The van der Waals surface area contributed by atoms with Crippen LogP contribution in [-0.4, -0.2) is 25.3 Å². The Hall–Kier alpha value is -3.08. The molecule has 0 spiro atoms. The van der Waals surface area contributed by atoms with Crippen molar-refractivity contribution in [3.63, 3.8) is 0 Å². The summed E-state index contributed by atoms with van der Waals surface area (Å²) < 4.78 is 11.3. The van der Waals surface area contributed by atoms with Crippen molar-refractivity contribution < 1.29 is 14.3 Å². The second kappa shape index (κ2) is 9.61. The van der Waals surface area contributed by atoms with Crippen LogP contribution in [0.2, 0.25) is 0 Å². The zero-order valence-corrected chi connectivity index (χ0v) is 18.4. The second-order valence-electron chi connectivity index (χ2n) is 7.82. The normalized spacial score (nSPS) is 15.1. The molecule has 5 nitrogen and oxygen atoms in total. The maximum absolute atomic E-state index is 13.0. The van der Waals surface area contributed by atoms with Crippen LogP contribution in [0, 0.1) is 5.92 Å². The van der Waals surface area contributed by atoms with Crippen molar-refractivity contribution in [1.29, 1.82) is 0 Å². The number of rotatable bonds is 8. The molecule has 158 valence electrons. The summed E-state index contributed by atoms with van der Waals surface area (Å²) in [6, 6.07) is 13.6. The van der Waals surface area contributed by atoms with Crippen LogP contribution in [-0.2, 0) is 11.2 Å². The van der Waals surface area contributed by atoms with E-state index in [0.717, 1.165) is 24.1 Å². The number of carbonyl (C=O) groups is 1. The Bertz CT molecular complexity index is 959. The number of benzene rings is 2. The Labute approximate surface area is 179 Å². The largest absolute Gasteiger partial charge is 0.493 e. The minimum absolute atomic E-state index is 0.132. The molecule has 0 N–H and O–H groups in total. The van der Waals surface area contributed by atoms with Crippen LogP contribution >= 0.6 is 0 Å². The van der Waals surface area contributed by atoms with E-state index in [4.69, 9.17) is 9.47 Å². The van der Waals surface area contributed by atoms with E-state index in [0.29, 0.717) is 35.3 Å². The van der Waals surface area contributed by atoms with Gasteiger partial charge in [-0.15, -0.1) is 0 Å². The second-order valence-corrected chi connectivity index (χ2v) is 7.82. The maximum Gasteiger partial charge on any atom is 0.280 e. The fourth-order valence-corrected chi connectivity index (χ4v) is 3.20. The number of methoxy groups -OCH3 is 1. The van der Waals surface area contributed by atoms with Crippen molar-refractivity contribution in [1.82, 2.24) is 0 Å². The third-order valence-corrected chi connectivity index (χ3v) is 5.10. The average Bonchev–Trinajstić information content (AvgIpc) is 3.02. The quantitative estimate of drug-likeness (QED) is 0.545. The molecule has 0 aromatic heterocycles. The molecule has 0 fully saturated rings. The Morgan fingerprint density at radius 2 is 1.83 bits per heavy atom.